The van der Waals surface area contributed by atoms with Crippen LogP contribution in [0.1, 0.15) is 134 Å². The Labute approximate surface area is 192 Å². The Hall–Kier alpha value is -1.11. The third-order valence-corrected chi connectivity index (χ3v) is 8.08. The third-order valence-electron chi connectivity index (χ3n) is 8.08. The van der Waals surface area contributed by atoms with Crippen molar-refractivity contribution in [3.8, 4) is 0 Å². The Morgan fingerprint density at radius 3 is 2.35 bits per heavy atom. The number of rotatable bonds is 12. The van der Waals surface area contributed by atoms with Crippen LogP contribution in [0.25, 0.3) is 0 Å². The largest absolute Gasteiger partial charge is 0.207 e. The maximum atomic E-state index is 14.9. The molecule has 0 radical (unpaired) electrons. The average Bonchev–Trinajstić information content (AvgIpc) is 2.80. The van der Waals surface area contributed by atoms with Gasteiger partial charge in [0, 0.05) is 0 Å². The molecule has 1 aromatic carbocycles. The lowest BCUT2D eigenvalue weighted by Crippen LogP contribution is -2.15. The predicted molar refractivity (Wildman–Crippen MR) is 133 cm³/mol. The van der Waals surface area contributed by atoms with Crippen molar-refractivity contribution in [3.63, 3.8) is 0 Å². The van der Waals surface area contributed by atoms with Crippen molar-refractivity contribution in [2.75, 3.05) is 0 Å². The minimum absolute atomic E-state index is 0.0382. The Kier molecular flexibility index (Phi) is 10.6. The van der Waals surface area contributed by atoms with E-state index in [0.717, 1.165) is 36.7 Å². The number of allylic oxidation sites excluding steroid dienone is 2. The predicted octanol–water partition coefficient (Wildman–Crippen LogP) is 9.92. The van der Waals surface area contributed by atoms with Gasteiger partial charge in [-0.05, 0) is 92.7 Å². The lowest BCUT2D eigenvalue weighted by Gasteiger charge is -2.30. The van der Waals surface area contributed by atoms with E-state index < -0.39 is 0 Å². The monoisotopic (exact) mass is 426 g/mol. The first-order valence-electron chi connectivity index (χ1n) is 13.7. The minimum atomic E-state index is 0.0382. The van der Waals surface area contributed by atoms with Crippen LogP contribution in [0.4, 0.5) is 4.39 Å². The summed E-state index contributed by atoms with van der Waals surface area (Å²) in [4.78, 5) is 0. The number of benzene rings is 1. The van der Waals surface area contributed by atoms with Gasteiger partial charge in [-0.25, -0.2) is 4.39 Å². The maximum Gasteiger partial charge on any atom is 0.126 e. The second kappa shape index (κ2) is 13.4. The van der Waals surface area contributed by atoms with Crippen LogP contribution >= 0.6 is 0 Å². The van der Waals surface area contributed by atoms with Crippen molar-refractivity contribution in [2.45, 2.75) is 129 Å². The van der Waals surface area contributed by atoms with E-state index >= 15 is 0 Å². The van der Waals surface area contributed by atoms with Crippen LogP contribution in [0.15, 0.2) is 29.8 Å². The van der Waals surface area contributed by atoms with Crippen LogP contribution < -0.4 is 0 Å². The Bertz CT molecular complexity index is 665. The highest BCUT2D eigenvalue weighted by Crippen LogP contribution is 2.38. The molecule has 3 rings (SSSR count). The van der Waals surface area contributed by atoms with Gasteiger partial charge in [0.25, 0.3) is 0 Å². The molecule has 1 saturated carbocycles. The van der Waals surface area contributed by atoms with E-state index in [1.807, 2.05) is 6.07 Å². The number of halogens is 1. The van der Waals surface area contributed by atoms with Gasteiger partial charge in [-0.3, -0.25) is 0 Å². The summed E-state index contributed by atoms with van der Waals surface area (Å²) in [6.45, 7) is 4.53. The van der Waals surface area contributed by atoms with Gasteiger partial charge in [0.05, 0.1) is 0 Å². The molecule has 1 heteroatoms. The third kappa shape index (κ3) is 8.07. The van der Waals surface area contributed by atoms with Gasteiger partial charge >= 0.3 is 0 Å². The summed E-state index contributed by atoms with van der Waals surface area (Å²) >= 11 is 0. The zero-order chi connectivity index (χ0) is 21.9. The molecule has 0 heterocycles. The van der Waals surface area contributed by atoms with Crippen LogP contribution in [0.2, 0.25) is 0 Å². The first-order chi connectivity index (χ1) is 15.2. The van der Waals surface area contributed by atoms with Crippen LogP contribution in [-0.2, 0) is 6.42 Å². The highest BCUT2D eigenvalue weighted by molar-refractivity contribution is 5.28. The summed E-state index contributed by atoms with van der Waals surface area (Å²) < 4.78 is 14.9. The molecular formula is C30H47F. The molecule has 1 aromatic rings. The smallest absolute Gasteiger partial charge is 0.126 e. The van der Waals surface area contributed by atoms with Crippen molar-refractivity contribution in [1.29, 1.82) is 0 Å². The van der Waals surface area contributed by atoms with E-state index in [1.165, 1.54) is 95.5 Å². The molecule has 0 N–H and O–H groups in total. The van der Waals surface area contributed by atoms with Crippen molar-refractivity contribution < 1.29 is 4.39 Å². The number of hydrogen-bond donors (Lipinski definition) is 0. The topological polar surface area (TPSA) is 0 Å². The van der Waals surface area contributed by atoms with E-state index in [4.69, 9.17) is 0 Å². The zero-order valence-electron chi connectivity index (χ0n) is 20.4. The Morgan fingerprint density at radius 2 is 1.71 bits per heavy atom. The molecule has 0 aromatic heterocycles. The molecule has 174 valence electrons. The van der Waals surface area contributed by atoms with E-state index in [0.29, 0.717) is 5.92 Å². The summed E-state index contributed by atoms with van der Waals surface area (Å²) in [5.41, 5.74) is 3.81. The maximum absolute atomic E-state index is 14.9. The van der Waals surface area contributed by atoms with Crippen molar-refractivity contribution >= 4 is 0 Å². The van der Waals surface area contributed by atoms with Gasteiger partial charge < -0.3 is 0 Å². The standard InChI is InChI=1S/C30H47F/c1-3-5-7-13-27-20-21-29(23-30(27)31)28(22-26-11-8-6-9-12-26)19-18-25-16-14-24(10-4-2)15-17-25/h11,20-21,23-25,28H,3-10,12-19,22H2,1-2H3. The lowest BCUT2D eigenvalue weighted by molar-refractivity contribution is 0.245. The molecule has 0 saturated heterocycles. The molecular weight excluding hydrogens is 379 g/mol. The Balaban J connectivity index is 1.62. The molecule has 0 amide bonds. The molecule has 1 unspecified atom stereocenters. The highest BCUT2D eigenvalue weighted by atomic mass is 19.1. The van der Waals surface area contributed by atoms with Gasteiger partial charge in [-0.2, -0.15) is 0 Å². The molecule has 0 spiro atoms. The second-order valence-corrected chi connectivity index (χ2v) is 10.6. The van der Waals surface area contributed by atoms with Crippen LogP contribution in [0, 0.1) is 17.7 Å². The molecule has 1 fully saturated rings. The van der Waals surface area contributed by atoms with Gasteiger partial charge in [-0.1, -0.05) is 89.0 Å². The first-order valence-corrected chi connectivity index (χ1v) is 13.7. The number of aryl methyl sites for hydroxylation is 1. The molecule has 2 aliphatic carbocycles. The van der Waals surface area contributed by atoms with Gasteiger partial charge in [0.1, 0.15) is 5.82 Å². The van der Waals surface area contributed by atoms with Crippen molar-refractivity contribution in [3.05, 3.63) is 46.8 Å². The number of unbranched alkanes of at least 4 members (excludes halogenated alkanes) is 2. The van der Waals surface area contributed by atoms with E-state index in [1.54, 1.807) is 5.57 Å². The summed E-state index contributed by atoms with van der Waals surface area (Å²) in [6.07, 6.45) is 24.2. The molecule has 1 atom stereocenters. The molecule has 0 nitrogen and oxygen atoms in total. The average molecular weight is 427 g/mol. The SMILES string of the molecule is CCCCCc1ccc(C(CCC2CCC(CCC)CC2)CC2=CCCCC2)cc1F. The quantitative estimate of drug-likeness (QED) is 0.230. The van der Waals surface area contributed by atoms with Gasteiger partial charge in [0.2, 0.25) is 0 Å². The van der Waals surface area contributed by atoms with E-state index in [9.17, 15) is 4.39 Å². The number of hydrogen-bond acceptors (Lipinski definition) is 0. The molecule has 0 bridgehead atoms. The fourth-order valence-electron chi connectivity index (χ4n) is 6.03. The summed E-state index contributed by atoms with van der Waals surface area (Å²) in [7, 11) is 0. The second-order valence-electron chi connectivity index (χ2n) is 10.6. The zero-order valence-corrected chi connectivity index (χ0v) is 20.4. The summed E-state index contributed by atoms with van der Waals surface area (Å²) in [5.74, 6) is 2.42. The van der Waals surface area contributed by atoms with Crippen LogP contribution in [-0.4, -0.2) is 0 Å². The van der Waals surface area contributed by atoms with Crippen LogP contribution in [0.3, 0.4) is 0 Å². The van der Waals surface area contributed by atoms with Crippen molar-refractivity contribution in [1.82, 2.24) is 0 Å². The van der Waals surface area contributed by atoms with E-state index in [-0.39, 0.29) is 5.82 Å². The molecule has 31 heavy (non-hydrogen) atoms. The summed E-state index contributed by atoms with van der Waals surface area (Å²) in [5, 5.41) is 0. The van der Waals surface area contributed by atoms with Crippen molar-refractivity contribution in [2.24, 2.45) is 11.8 Å². The van der Waals surface area contributed by atoms with E-state index in [2.05, 4.69) is 32.1 Å². The van der Waals surface area contributed by atoms with Gasteiger partial charge in [-0.15, -0.1) is 0 Å². The van der Waals surface area contributed by atoms with Crippen LogP contribution in [0.5, 0.6) is 0 Å². The highest BCUT2D eigenvalue weighted by Gasteiger charge is 2.23. The molecule has 2 aliphatic rings. The molecule has 0 aliphatic heterocycles. The Morgan fingerprint density at radius 1 is 0.935 bits per heavy atom. The normalized spacial score (nSPS) is 22.9. The fourth-order valence-corrected chi connectivity index (χ4v) is 6.03. The fraction of sp³-hybridized carbons (Fsp3) is 0.733. The van der Waals surface area contributed by atoms with Gasteiger partial charge in [0.15, 0.2) is 0 Å². The minimum Gasteiger partial charge on any atom is -0.207 e. The summed E-state index contributed by atoms with van der Waals surface area (Å²) in [6, 6.07) is 6.25. The first kappa shape index (κ1) is 24.5. The lowest BCUT2D eigenvalue weighted by atomic mass is 9.76.